The first kappa shape index (κ1) is 10.2. The van der Waals surface area contributed by atoms with Crippen LogP contribution in [0.4, 0.5) is 0 Å². The minimum atomic E-state index is -1.23. The van der Waals surface area contributed by atoms with Crippen molar-refractivity contribution in [2.24, 2.45) is 5.16 Å². The van der Waals surface area contributed by atoms with Crippen molar-refractivity contribution in [2.75, 3.05) is 0 Å². The average Bonchev–Trinajstić information content (AvgIpc) is 2.66. The third-order valence-corrected chi connectivity index (χ3v) is 2.58. The fraction of sp³-hybridized carbons (Fsp3) is 0.200. The van der Waals surface area contributed by atoms with E-state index in [2.05, 4.69) is 21.1 Å². The molecule has 0 bridgehead atoms. The number of aliphatic carboxylic acids is 1. The molecule has 0 aromatic heterocycles. The first-order valence-corrected chi connectivity index (χ1v) is 5.15. The van der Waals surface area contributed by atoms with E-state index in [-0.39, 0.29) is 6.42 Å². The maximum absolute atomic E-state index is 10.5. The lowest BCUT2D eigenvalue weighted by atomic mass is 10.1. The highest BCUT2D eigenvalue weighted by atomic mass is 79.9. The summed E-state index contributed by atoms with van der Waals surface area (Å²) in [6, 6.07) is 7.45. The van der Waals surface area contributed by atoms with Crippen LogP contribution in [0.3, 0.4) is 0 Å². The molecule has 0 radical (unpaired) electrons. The van der Waals surface area contributed by atoms with Crippen molar-refractivity contribution < 1.29 is 14.7 Å². The molecule has 2 rings (SSSR count). The van der Waals surface area contributed by atoms with Crippen molar-refractivity contribution >= 4 is 27.6 Å². The first-order valence-electron chi connectivity index (χ1n) is 4.36. The number of rotatable bonds is 2. The van der Waals surface area contributed by atoms with Crippen molar-refractivity contribution in [3.63, 3.8) is 0 Å². The number of nitrogens with zero attached hydrogens (tertiary/aromatic N) is 1. The van der Waals surface area contributed by atoms with Crippen molar-refractivity contribution in [3.8, 4) is 0 Å². The average molecular weight is 269 g/mol. The zero-order valence-corrected chi connectivity index (χ0v) is 9.23. The van der Waals surface area contributed by atoms with Gasteiger partial charge < -0.3 is 14.7 Å². The quantitative estimate of drug-likeness (QED) is 0.793. The summed E-state index contributed by atoms with van der Waals surface area (Å²) in [4.78, 5) is 15.3. The van der Waals surface area contributed by atoms with Crippen LogP contribution in [-0.2, 0) is 9.63 Å². The fourth-order valence-corrected chi connectivity index (χ4v) is 1.74. The molecule has 0 saturated heterocycles. The zero-order valence-electron chi connectivity index (χ0n) is 7.64. The number of carbonyl (C=O) groups excluding carboxylic acids is 1. The Hall–Kier alpha value is -1.36. The van der Waals surface area contributed by atoms with E-state index >= 15 is 0 Å². The second-order valence-corrected chi connectivity index (χ2v) is 4.08. The summed E-state index contributed by atoms with van der Waals surface area (Å²) in [7, 11) is 0. The van der Waals surface area contributed by atoms with Gasteiger partial charge in [0, 0.05) is 16.5 Å². The topological polar surface area (TPSA) is 61.7 Å². The lowest BCUT2D eigenvalue weighted by molar-refractivity contribution is -0.315. The molecule has 0 fully saturated rings. The highest BCUT2D eigenvalue weighted by molar-refractivity contribution is 9.10. The molecule has 0 N–H and O–H groups in total. The van der Waals surface area contributed by atoms with E-state index in [1.54, 1.807) is 0 Å². The predicted molar refractivity (Wildman–Crippen MR) is 55.2 cm³/mol. The van der Waals surface area contributed by atoms with Gasteiger partial charge in [0.15, 0.2) is 6.10 Å². The molecule has 0 aliphatic carbocycles. The van der Waals surface area contributed by atoms with Crippen molar-refractivity contribution in [1.82, 2.24) is 0 Å². The smallest absolute Gasteiger partial charge is 0.172 e. The van der Waals surface area contributed by atoms with E-state index in [0.29, 0.717) is 5.71 Å². The first-order chi connectivity index (χ1) is 7.16. The second kappa shape index (κ2) is 4.02. The van der Waals surface area contributed by atoms with E-state index in [4.69, 9.17) is 4.84 Å². The second-order valence-electron chi connectivity index (χ2n) is 3.17. The summed E-state index contributed by atoms with van der Waals surface area (Å²) >= 11 is 3.33. The minimum Gasteiger partial charge on any atom is -0.546 e. The van der Waals surface area contributed by atoms with Gasteiger partial charge in [0.05, 0.1) is 11.7 Å². The third kappa shape index (κ3) is 2.18. The van der Waals surface area contributed by atoms with Crippen LogP contribution in [0, 0.1) is 0 Å². The third-order valence-electron chi connectivity index (χ3n) is 2.09. The molecule has 4 nitrogen and oxygen atoms in total. The normalized spacial score (nSPS) is 19.5. The molecule has 1 atom stereocenters. The summed E-state index contributed by atoms with van der Waals surface area (Å²) in [6.07, 6.45) is -0.710. The summed E-state index contributed by atoms with van der Waals surface area (Å²) in [5.74, 6) is -1.23. The van der Waals surface area contributed by atoms with Crippen LogP contribution in [0.2, 0.25) is 0 Å². The van der Waals surface area contributed by atoms with Gasteiger partial charge in [-0.15, -0.1) is 0 Å². The number of halogens is 1. The molecule has 0 spiro atoms. The Labute approximate surface area is 94.7 Å². The van der Waals surface area contributed by atoms with Crippen LogP contribution in [0.25, 0.3) is 0 Å². The van der Waals surface area contributed by atoms with E-state index in [1.165, 1.54) is 0 Å². The van der Waals surface area contributed by atoms with Gasteiger partial charge in [-0.3, -0.25) is 0 Å². The Kier molecular flexibility index (Phi) is 2.73. The van der Waals surface area contributed by atoms with Crippen LogP contribution < -0.4 is 5.11 Å². The van der Waals surface area contributed by atoms with E-state index in [0.717, 1.165) is 10.0 Å². The number of hydrogen-bond acceptors (Lipinski definition) is 4. The van der Waals surface area contributed by atoms with Crippen LogP contribution in [0.15, 0.2) is 33.9 Å². The highest BCUT2D eigenvalue weighted by Crippen LogP contribution is 2.19. The largest absolute Gasteiger partial charge is 0.546 e. The lowest BCUT2D eigenvalue weighted by Crippen LogP contribution is -2.35. The van der Waals surface area contributed by atoms with Gasteiger partial charge in [0.1, 0.15) is 0 Å². The number of oxime groups is 1. The molecule has 1 aliphatic heterocycles. The molecular weight excluding hydrogens is 262 g/mol. The van der Waals surface area contributed by atoms with Crippen molar-refractivity contribution in [3.05, 3.63) is 34.3 Å². The number of carbonyl (C=O) groups is 1. The molecule has 1 aliphatic rings. The number of carboxylic acids is 1. The highest BCUT2D eigenvalue weighted by Gasteiger charge is 2.22. The SMILES string of the molecule is O=C([O-])[C@H]1CC(c2cccc(Br)c2)=NO1. The fourth-order valence-electron chi connectivity index (χ4n) is 1.34. The van der Waals surface area contributed by atoms with E-state index in [1.807, 2.05) is 24.3 Å². The molecule has 1 aromatic carbocycles. The molecular formula is C10H7BrNO3-. The van der Waals surface area contributed by atoms with Gasteiger partial charge in [-0.05, 0) is 12.1 Å². The Morgan fingerprint density at radius 3 is 3.00 bits per heavy atom. The molecule has 5 heteroatoms. The van der Waals surface area contributed by atoms with Gasteiger partial charge in [-0.2, -0.15) is 0 Å². The lowest BCUT2D eigenvalue weighted by Gasteiger charge is -2.07. The molecule has 0 unspecified atom stereocenters. The van der Waals surface area contributed by atoms with Gasteiger partial charge in [-0.25, -0.2) is 0 Å². The van der Waals surface area contributed by atoms with Crippen LogP contribution >= 0.6 is 15.9 Å². The number of hydrogen-bond donors (Lipinski definition) is 0. The summed E-state index contributed by atoms with van der Waals surface area (Å²) in [5.41, 5.74) is 1.48. The molecule has 0 amide bonds. The van der Waals surface area contributed by atoms with E-state index in [9.17, 15) is 9.90 Å². The maximum Gasteiger partial charge on any atom is 0.172 e. The van der Waals surface area contributed by atoms with Gasteiger partial charge in [0.2, 0.25) is 0 Å². The molecule has 1 heterocycles. The Balaban J connectivity index is 2.17. The molecule has 78 valence electrons. The zero-order chi connectivity index (χ0) is 10.8. The Morgan fingerprint density at radius 1 is 1.60 bits per heavy atom. The molecule has 15 heavy (non-hydrogen) atoms. The minimum absolute atomic E-state index is 0.249. The summed E-state index contributed by atoms with van der Waals surface area (Å²) in [6.45, 7) is 0. The number of benzene rings is 1. The monoisotopic (exact) mass is 268 g/mol. The van der Waals surface area contributed by atoms with Gasteiger partial charge in [-0.1, -0.05) is 33.2 Å². The van der Waals surface area contributed by atoms with Crippen LogP contribution in [-0.4, -0.2) is 17.8 Å². The Morgan fingerprint density at radius 2 is 2.40 bits per heavy atom. The van der Waals surface area contributed by atoms with Crippen molar-refractivity contribution in [2.45, 2.75) is 12.5 Å². The van der Waals surface area contributed by atoms with E-state index < -0.39 is 12.1 Å². The standard InChI is InChI=1S/C10H8BrNO3/c11-7-3-1-2-6(4-7)8-5-9(10(13)14)15-12-8/h1-4,9H,5H2,(H,13,14)/p-1/t9-/m1/s1. The Bertz CT molecular complexity index is 430. The molecule has 0 saturated carbocycles. The van der Waals surface area contributed by atoms with Gasteiger partial charge in [0.25, 0.3) is 0 Å². The number of carboxylic acid groups (broad SMARTS) is 1. The predicted octanol–water partition coefficient (Wildman–Crippen LogP) is 0.692. The van der Waals surface area contributed by atoms with Crippen LogP contribution in [0.5, 0.6) is 0 Å². The summed E-state index contributed by atoms with van der Waals surface area (Å²) < 4.78 is 0.916. The molecule has 1 aromatic rings. The van der Waals surface area contributed by atoms with Crippen molar-refractivity contribution in [1.29, 1.82) is 0 Å². The maximum atomic E-state index is 10.5. The van der Waals surface area contributed by atoms with Gasteiger partial charge >= 0.3 is 0 Å². The van der Waals surface area contributed by atoms with Crippen LogP contribution in [0.1, 0.15) is 12.0 Å². The summed E-state index contributed by atoms with van der Waals surface area (Å²) in [5, 5.41) is 14.3.